The minimum atomic E-state index is -1.55. The van der Waals surface area contributed by atoms with Crippen molar-refractivity contribution in [3.05, 3.63) is 35.9 Å². The van der Waals surface area contributed by atoms with Crippen LogP contribution in [0, 0.1) is 11.8 Å². The second-order valence-corrected chi connectivity index (χ2v) is 10.7. The third kappa shape index (κ3) is 9.44. The zero-order valence-electron chi connectivity index (χ0n) is 21.4. The Hall–Kier alpha value is -2.63. The van der Waals surface area contributed by atoms with Gasteiger partial charge in [0.15, 0.2) is 0 Å². The predicted octanol–water partition coefficient (Wildman–Crippen LogP) is 1.69. The van der Waals surface area contributed by atoms with E-state index in [0.717, 1.165) is 5.56 Å². The van der Waals surface area contributed by atoms with Crippen molar-refractivity contribution in [2.45, 2.75) is 82.8 Å². The first-order valence-corrected chi connectivity index (χ1v) is 12.5. The monoisotopic (exact) mass is 505 g/mol. The van der Waals surface area contributed by atoms with E-state index < -0.39 is 48.2 Å². The van der Waals surface area contributed by atoms with Gasteiger partial charge in [0.25, 0.3) is 0 Å². The van der Waals surface area contributed by atoms with Gasteiger partial charge in [-0.25, -0.2) is 4.79 Å². The SMILES string of the molecule is CC(C)(C)OC(=O)N[C@@H](CCc1ccccc1)C(=O)NC[C@@H]1CC[C@@H](CCB(O)O)C[C@]1(N)C(=O)O. The number of hydrogen-bond acceptors (Lipinski definition) is 7. The maximum Gasteiger partial charge on any atom is 0.451 e. The minimum absolute atomic E-state index is 0.0488. The van der Waals surface area contributed by atoms with Gasteiger partial charge in [0.05, 0.1) is 0 Å². The molecule has 4 atom stereocenters. The molecular weight excluding hydrogens is 465 g/mol. The largest absolute Gasteiger partial charge is 0.480 e. The van der Waals surface area contributed by atoms with Crippen molar-refractivity contribution in [3.63, 3.8) is 0 Å². The first kappa shape index (κ1) is 29.6. The van der Waals surface area contributed by atoms with Crippen LogP contribution >= 0.6 is 0 Å². The number of carboxylic acid groups (broad SMARTS) is 1. The number of carbonyl (C=O) groups excluding carboxylic acids is 2. The highest BCUT2D eigenvalue weighted by molar-refractivity contribution is 6.40. The second-order valence-electron chi connectivity index (χ2n) is 10.7. The van der Waals surface area contributed by atoms with E-state index in [1.54, 1.807) is 20.8 Å². The highest BCUT2D eigenvalue weighted by Gasteiger charge is 2.47. The first-order valence-electron chi connectivity index (χ1n) is 12.5. The summed E-state index contributed by atoms with van der Waals surface area (Å²) >= 11 is 0. The fourth-order valence-electron chi connectivity index (χ4n) is 4.64. The van der Waals surface area contributed by atoms with Crippen molar-refractivity contribution in [1.82, 2.24) is 10.6 Å². The Kier molecular flexibility index (Phi) is 10.8. The number of benzene rings is 1. The molecule has 1 fully saturated rings. The lowest BCUT2D eigenvalue weighted by Gasteiger charge is -2.41. The molecule has 0 radical (unpaired) electrons. The summed E-state index contributed by atoms with van der Waals surface area (Å²) in [4.78, 5) is 37.6. The summed E-state index contributed by atoms with van der Waals surface area (Å²) in [5.74, 6) is -2.14. The third-order valence-electron chi connectivity index (χ3n) is 6.60. The normalized spacial score (nSPS) is 22.8. The molecule has 200 valence electrons. The number of amides is 2. The fourth-order valence-corrected chi connectivity index (χ4v) is 4.64. The maximum atomic E-state index is 13.1. The number of aryl methyl sites for hydroxylation is 1. The number of aliphatic carboxylic acids is 1. The van der Waals surface area contributed by atoms with Crippen LogP contribution in [-0.2, 0) is 20.7 Å². The average Bonchev–Trinajstić information content (AvgIpc) is 2.79. The van der Waals surface area contributed by atoms with Crippen LogP contribution in [-0.4, -0.2) is 64.0 Å². The van der Waals surface area contributed by atoms with Gasteiger partial charge in [0, 0.05) is 12.5 Å². The molecular formula is C25H40BN3O7. The highest BCUT2D eigenvalue weighted by Crippen LogP contribution is 2.38. The zero-order valence-corrected chi connectivity index (χ0v) is 21.4. The molecule has 0 spiro atoms. The van der Waals surface area contributed by atoms with Crippen molar-refractivity contribution in [1.29, 1.82) is 0 Å². The smallest absolute Gasteiger partial charge is 0.451 e. The lowest BCUT2D eigenvalue weighted by Crippen LogP contribution is -2.60. The molecule has 0 aliphatic heterocycles. The molecule has 0 bridgehead atoms. The third-order valence-corrected chi connectivity index (χ3v) is 6.60. The van der Waals surface area contributed by atoms with Crippen LogP contribution < -0.4 is 16.4 Å². The summed E-state index contributed by atoms with van der Waals surface area (Å²) in [5, 5.41) is 33.6. The molecule has 2 amide bonds. The van der Waals surface area contributed by atoms with Gasteiger partial charge in [-0.1, -0.05) is 36.8 Å². The molecule has 0 heterocycles. The zero-order chi connectivity index (χ0) is 26.9. The Labute approximate surface area is 213 Å². The van der Waals surface area contributed by atoms with Crippen LogP contribution in [0.5, 0.6) is 0 Å². The van der Waals surface area contributed by atoms with Crippen LogP contribution in [0.4, 0.5) is 4.79 Å². The van der Waals surface area contributed by atoms with Crippen molar-refractivity contribution < 1.29 is 34.3 Å². The second kappa shape index (κ2) is 13.1. The van der Waals surface area contributed by atoms with Crippen LogP contribution in [0.3, 0.4) is 0 Å². The van der Waals surface area contributed by atoms with Crippen molar-refractivity contribution in [3.8, 4) is 0 Å². The molecule has 36 heavy (non-hydrogen) atoms. The summed E-state index contributed by atoms with van der Waals surface area (Å²) in [6.45, 7) is 5.25. The van der Waals surface area contributed by atoms with Gasteiger partial charge in [-0.3, -0.25) is 9.59 Å². The number of carbonyl (C=O) groups is 3. The standard InChI is InChI=1S/C25H40BN3O7/c1-24(2,3)36-23(33)29-20(12-10-17-7-5-4-6-8-17)21(30)28-16-19-11-9-18(13-14-26(34)35)15-25(19,27)22(31)32/h4-8,18-20,34-35H,9-16,27H2,1-3H3,(H,28,30)(H,29,33)(H,31,32)/t18-,19-,20-,25+/m0/s1. The Morgan fingerprint density at radius 3 is 2.44 bits per heavy atom. The minimum Gasteiger partial charge on any atom is -0.480 e. The van der Waals surface area contributed by atoms with Gasteiger partial charge in [0.1, 0.15) is 17.2 Å². The van der Waals surface area contributed by atoms with Crippen LogP contribution in [0.2, 0.25) is 6.32 Å². The van der Waals surface area contributed by atoms with Gasteiger partial charge in [-0.05, 0) is 70.7 Å². The molecule has 2 rings (SSSR count). The molecule has 0 aromatic heterocycles. The van der Waals surface area contributed by atoms with Gasteiger partial charge in [-0.15, -0.1) is 0 Å². The highest BCUT2D eigenvalue weighted by atomic mass is 16.6. The summed E-state index contributed by atoms with van der Waals surface area (Å²) in [6, 6.07) is 8.69. The number of carboxylic acids is 1. The van der Waals surface area contributed by atoms with E-state index in [-0.39, 0.29) is 25.2 Å². The Bertz CT molecular complexity index is 878. The molecule has 0 saturated heterocycles. The van der Waals surface area contributed by atoms with Crippen molar-refractivity contribution in [2.75, 3.05) is 6.54 Å². The molecule has 1 aromatic rings. The van der Waals surface area contributed by atoms with Crippen molar-refractivity contribution in [2.24, 2.45) is 17.6 Å². The van der Waals surface area contributed by atoms with Crippen LogP contribution in [0.25, 0.3) is 0 Å². The van der Waals surface area contributed by atoms with E-state index in [2.05, 4.69) is 10.6 Å². The van der Waals surface area contributed by atoms with Gasteiger partial charge < -0.3 is 36.3 Å². The van der Waals surface area contributed by atoms with Gasteiger partial charge in [-0.2, -0.15) is 0 Å². The number of hydrogen-bond donors (Lipinski definition) is 6. The lowest BCUT2D eigenvalue weighted by atomic mass is 9.66. The van der Waals surface area contributed by atoms with Crippen molar-refractivity contribution >= 4 is 25.1 Å². The first-order chi connectivity index (χ1) is 16.8. The molecule has 10 nitrogen and oxygen atoms in total. The summed E-state index contributed by atoms with van der Waals surface area (Å²) in [5.41, 5.74) is 5.06. The Morgan fingerprint density at radius 1 is 1.19 bits per heavy atom. The molecule has 1 saturated carbocycles. The summed E-state index contributed by atoms with van der Waals surface area (Å²) in [6.07, 6.45) is 2.12. The molecule has 1 aliphatic carbocycles. The average molecular weight is 505 g/mol. The summed E-state index contributed by atoms with van der Waals surface area (Å²) < 4.78 is 5.32. The molecule has 0 unspecified atom stereocenters. The maximum absolute atomic E-state index is 13.1. The Balaban J connectivity index is 2.04. The predicted molar refractivity (Wildman–Crippen MR) is 136 cm³/mol. The van der Waals surface area contributed by atoms with Crippen LogP contribution in [0.15, 0.2) is 30.3 Å². The van der Waals surface area contributed by atoms with E-state index in [0.29, 0.717) is 32.1 Å². The van der Waals surface area contributed by atoms with Gasteiger partial charge in [0.2, 0.25) is 5.91 Å². The molecule has 1 aliphatic rings. The number of nitrogens with two attached hydrogens (primary N) is 1. The number of rotatable bonds is 11. The van der Waals surface area contributed by atoms with Gasteiger partial charge >= 0.3 is 19.2 Å². The number of alkyl carbamates (subject to hydrolysis) is 1. The molecule has 7 N–H and O–H groups in total. The lowest BCUT2D eigenvalue weighted by molar-refractivity contribution is -0.148. The number of ether oxygens (including phenoxy) is 1. The van der Waals surface area contributed by atoms with E-state index in [4.69, 9.17) is 20.5 Å². The van der Waals surface area contributed by atoms with E-state index in [1.165, 1.54) is 0 Å². The van der Waals surface area contributed by atoms with E-state index in [9.17, 15) is 19.5 Å². The summed E-state index contributed by atoms with van der Waals surface area (Å²) in [7, 11) is -1.44. The fraction of sp³-hybridized carbons (Fsp3) is 0.640. The quantitative estimate of drug-likeness (QED) is 0.247. The molecule has 1 aromatic carbocycles. The van der Waals surface area contributed by atoms with E-state index >= 15 is 0 Å². The Morgan fingerprint density at radius 2 is 1.86 bits per heavy atom. The van der Waals surface area contributed by atoms with E-state index in [1.807, 2.05) is 30.3 Å². The topological polar surface area (TPSA) is 171 Å². The number of nitrogens with one attached hydrogen (secondary N) is 2. The van der Waals surface area contributed by atoms with Crippen LogP contribution in [0.1, 0.15) is 58.4 Å². The molecule has 11 heteroatoms.